The Hall–Kier alpha value is -2.67. The predicted octanol–water partition coefficient (Wildman–Crippen LogP) is 7.71. The van der Waals surface area contributed by atoms with Crippen molar-refractivity contribution in [1.29, 1.82) is 0 Å². The number of halogens is 1. The fraction of sp³-hybridized carbons (Fsp3) is 0.200. The lowest BCUT2D eigenvalue weighted by Gasteiger charge is -2.09. The highest BCUT2D eigenvalue weighted by molar-refractivity contribution is 5.72. The highest BCUT2D eigenvalue weighted by Gasteiger charge is 2.08. The Balaban J connectivity index is 1.88. The van der Waals surface area contributed by atoms with E-state index in [9.17, 15) is 4.39 Å². The van der Waals surface area contributed by atoms with Crippen molar-refractivity contribution in [3.8, 4) is 22.3 Å². The smallest absolute Gasteiger partial charge is 0.131 e. The molecule has 0 saturated carbocycles. The van der Waals surface area contributed by atoms with Crippen molar-refractivity contribution in [3.05, 3.63) is 89.2 Å². The van der Waals surface area contributed by atoms with Gasteiger partial charge < -0.3 is 0 Å². The van der Waals surface area contributed by atoms with Crippen molar-refractivity contribution in [2.45, 2.75) is 33.6 Å². The lowest BCUT2D eigenvalue weighted by molar-refractivity contribution is 0.632. The molecule has 0 bridgehead atoms. The Morgan fingerprint density at radius 2 is 1.35 bits per heavy atom. The summed E-state index contributed by atoms with van der Waals surface area (Å²) in [6, 6.07) is 21.9. The van der Waals surface area contributed by atoms with Gasteiger partial charge in [-0.25, -0.2) is 4.39 Å². The van der Waals surface area contributed by atoms with E-state index in [1.165, 1.54) is 11.1 Å². The van der Waals surface area contributed by atoms with Gasteiger partial charge in [-0.15, -0.1) is 0 Å². The highest BCUT2D eigenvalue weighted by atomic mass is 19.1. The summed E-state index contributed by atoms with van der Waals surface area (Å²) >= 11 is 0. The molecular weight excluding hydrogens is 319 g/mol. The minimum absolute atomic E-state index is 0.189. The molecular formula is C25H25F. The molecule has 0 saturated heterocycles. The SMILES string of the molecule is CC(C)=Cc1ccc(-c2ccc(-c3ccc(C(C)C)cc3)cc2F)cc1. The molecule has 0 atom stereocenters. The van der Waals surface area contributed by atoms with Crippen LogP contribution in [0.15, 0.2) is 72.3 Å². The average Bonchev–Trinajstić information content (AvgIpc) is 2.62. The lowest BCUT2D eigenvalue weighted by Crippen LogP contribution is -1.89. The van der Waals surface area contributed by atoms with Gasteiger partial charge in [-0.05, 0) is 53.6 Å². The van der Waals surface area contributed by atoms with Crippen LogP contribution in [0.1, 0.15) is 44.7 Å². The molecule has 0 heterocycles. The summed E-state index contributed by atoms with van der Waals surface area (Å²) in [4.78, 5) is 0. The van der Waals surface area contributed by atoms with Gasteiger partial charge in [-0.1, -0.05) is 86.2 Å². The Morgan fingerprint density at radius 1 is 0.769 bits per heavy atom. The van der Waals surface area contributed by atoms with Crippen LogP contribution in [0, 0.1) is 5.82 Å². The Bertz CT molecular complexity index is 909. The maximum absolute atomic E-state index is 14.7. The van der Waals surface area contributed by atoms with Crippen molar-refractivity contribution in [1.82, 2.24) is 0 Å². The number of allylic oxidation sites excluding steroid dienone is 1. The van der Waals surface area contributed by atoms with Gasteiger partial charge in [-0.3, -0.25) is 0 Å². The van der Waals surface area contributed by atoms with Gasteiger partial charge in [0.15, 0.2) is 0 Å². The van der Waals surface area contributed by atoms with Gasteiger partial charge in [0.05, 0.1) is 0 Å². The second-order valence-corrected chi connectivity index (χ2v) is 7.32. The molecule has 0 spiro atoms. The van der Waals surface area contributed by atoms with E-state index < -0.39 is 0 Å². The van der Waals surface area contributed by atoms with E-state index >= 15 is 0 Å². The van der Waals surface area contributed by atoms with E-state index in [0.29, 0.717) is 11.5 Å². The van der Waals surface area contributed by atoms with Crippen molar-refractivity contribution >= 4 is 6.08 Å². The molecule has 0 aliphatic rings. The summed E-state index contributed by atoms with van der Waals surface area (Å²) < 4.78 is 14.7. The third-order valence-electron chi connectivity index (χ3n) is 4.56. The van der Waals surface area contributed by atoms with Gasteiger partial charge in [-0.2, -0.15) is 0 Å². The zero-order chi connectivity index (χ0) is 18.7. The van der Waals surface area contributed by atoms with E-state index in [1.54, 1.807) is 6.07 Å². The first-order valence-corrected chi connectivity index (χ1v) is 9.09. The molecule has 0 aliphatic heterocycles. The van der Waals surface area contributed by atoms with Crippen LogP contribution in [-0.4, -0.2) is 0 Å². The van der Waals surface area contributed by atoms with Gasteiger partial charge in [0.25, 0.3) is 0 Å². The molecule has 1 heteroatoms. The number of hydrogen-bond acceptors (Lipinski definition) is 0. The van der Waals surface area contributed by atoms with Crippen molar-refractivity contribution < 1.29 is 4.39 Å². The molecule has 0 aromatic heterocycles. The maximum Gasteiger partial charge on any atom is 0.131 e. The number of hydrogen-bond donors (Lipinski definition) is 0. The maximum atomic E-state index is 14.7. The lowest BCUT2D eigenvalue weighted by atomic mass is 9.96. The molecule has 3 aromatic rings. The average molecular weight is 344 g/mol. The monoisotopic (exact) mass is 344 g/mol. The standard InChI is InChI=1S/C25H25F/c1-17(2)15-19-5-7-22(8-6-19)24-14-13-23(16-25(24)26)21-11-9-20(10-12-21)18(3)4/h5-16,18H,1-4H3. The molecule has 0 unspecified atom stereocenters. The van der Waals surface area contributed by atoms with Gasteiger partial charge in [0.2, 0.25) is 0 Å². The first-order chi connectivity index (χ1) is 12.4. The highest BCUT2D eigenvalue weighted by Crippen LogP contribution is 2.29. The van der Waals surface area contributed by atoms with Crippen molar-refractivity contribution in [3.63, 3.8) is 0 Å². The van der Waals surface area contributed by atoms with Crippen LogP contribution in [0.5, 0.6) is 0 Å². The fourth-order valence-corrected chi connectivity index (χ4v) is 3.08. The summed E-state index contributed by atoms with van der Waals surface area (Å²) in [5, 5.41) is 0. The summed E-state index contributed by atoms with van der Waals surface area (Å²) in [6.07, 6.45) is 2.12. The van der Waals surface area contributed by atoms with Crippen molar-refractivity contribution in [2.75, 3.05) is 0 Å². The van der Waals surface area contributed by atoms with Crippen LogP contribution >= 0.6 is 0 Å². The number of benzene rings is 3. The molecule has 0 radical (unpaired) electrons. The molecule has 0 nitrogen and oxygen atoms in total. The van der Waals surface area contributed by atoms with Crippen LogP contribution in [0.2, 0.25) is 0 Å². The molecule has 0 aliphatic carbocycles. The summed E-state index contributed by atoms with van der Waals surface area (Å²) in [5.74, 6) is 0.308. The third-order valence-corrected chi connectivity index (χ3v) is 4.56. The van der Waals surface area contributed by atoms with Crippen LogP contribution in [0.4, 0.5) is 4.39 Å². The van der Waals surface area contributed by atoms with E-state index in [-0.39, 0.29) is 5.82 Å². The minimum atomic E-state index is -0.189. The summed E-state index contributed by atoms with van der Waals surface area (Å²) in [7, 11) is 0. The van der Waals surface area contributed by atoms with Crippen molar-refractivity contribution in [2.24, 2.45) is 0 Å². The summed E-state index contributed by atoms with van der Waals surface area (Å²) in [6.45, 7) is 8.48. The Morgan fingerprint density at radius 3 is 1.88 bits per heavy atom. The first-order valence-electron chi connectivity index (χ1n) is 9.09. The van der Waals surface area contributed by atoms with E-state index in [0.717, 1.165) is 22.3 Å². The van der Waals surface area contributed by atoms with Crippen LogP contribution in [0.25, 0.3) is 28.3 Å². The minimum Gasteiger partial charge on any atom is -0.206 e. The number of rotatable bonds is 4. The van der Waals surface area contributed by atoms with Crippen LogP contribution in [0.3, 0.4) is 0 Å². The van der Waals surface area contributed by atoms with Crippen LogP contribution < -0.4 is 0 Å². The van der Waals surface area contributed by atoms with E-state index in [1.807, 2.05) is 36.4 Å². The third kappa shape index (κ3) is 4.11. The normalized spacial score (nSPS) is 10.8. The predicted molar refractivity (Wildman–Crippen MR) is 111 cm³/mol. The van der Waals surface area contributed by atoms with E-state index in [2.05, 4.69) is 58.0 Å². The van der Waals surface area contributed by atoms with Gasteiger partial charge >= 0.3 is 0 Å². The van der Waals surface area contributed by atoms with E-state index in [4.69, 9.17) is 0 Å². The zero-order valence-electron chi connectivity index (χ0n) is 15.9. The first kappa shape index (κ1) is 18.1. The Labute approximate surface area is 156 Å². The second-order valence-electron chi connectivity index (χ2n) is 7.32. The zero-order valence-corrected chi connectivity index (χ0v) is 15.9. The van der Waals surface area contributed by atoms with Gasteiger partial charge in [0, 0.05) is 5.56 Å². The molecule has 0 N–H and O–H groups in total. The topological polar surface area (TPSA) is 0 Å². The van der Waals surface area contributed by atoms with Gasteiger partial charge in [0.1, 0.15) is 5.82 Å². The Kier molecular flexibility index (Phi) is 5.37. The molecule has 0 amide bonds. The fourth-order valence-electron chi connectivity index (χ4n) is 3.08. The molecule has 132 valence electrons. The quantitative estimate of drug-likeness (QED) is 0.455. The molecule has 0 fully saturated rings. The molecule has 3 aromatic carbocycles. The largest absolute Gasteiger partial charge is 0.206 e. The second kappa shape index (κ2) is 7.70. The molecule has 26 heavy (non-hydrogen) atoms. The molecule has 3 rings (SSSR count). The summed E-state index contributed by atoms with van der Waals surface area (Å²) in [5.41, 5.74) is 7.16. The van der Waals surface area contributed by atoms with Crippen LogP contribution in [-0.2, 0) is 0 Å².